The molecule has 0 aromatic heterocycles. The lowest BCUT2D eigenvalue weighted by Gasteiger charge is -2.31. The van der Waals surface area contributed by atoms with Crippen molar-refractivity contribution in [1.82, 2.24) is 10.2 Å². The van der Waals surface area contributed by atoms with E-state index >= 15 is 0 Å². The van der Waals surface area contributed by atoms with Gasteiger partial charge in [0.25, 0.3) is 0 Å². The smallest absolute Gasteiger partial charge is 0.243 e. The van der Waals surface area contributed by atoms with E-state index in [9.17, 15) is 14.0 Å². The summed E-state index contributed by atoms with van der Waals surface area (Å²) < 4.78 is 18.6. The molecule has 0 spiro atoms. The highest BCUT2D eigenvalue weighted by atomic mass is 19.1. The number of carbonyl (C=O) groups excluding carboxylic acids is 2. The third kappa shape index (κ3) is 7.17. The van der Waals surface area contributed by atoms with Gasteiger partial charge < -0.3 is 15.0 Å². The molecule has 0 saturated carbocycles. The molecule has 178 valence electrons. The molecular weight excluding hydrogens is 431 g/mol. The van der Waals surface area contributed by atoms with Crippen LogP contribution in [0, 0.1) is 5.82 Å². The fourth-order valence-electron chi connectivity index (χ4n) is 3.78. The number of hydrogen-bond acceptors (Lipinski definition) is 3. The minimum Gasteiger partial charge on any atom is -0.497 e. The molecule has 0 fully saturated rings. The molecule has 2 amide bonds. The average Bonchev–Trinajstić information content (AvgIpc) is 2.87. The number of rotatable bonds is 11. The summed E-state index contributed by atoms with van der Waals surface area (Å²) >= 11 is 0. The minimum atomic E-state index is -0.684. The monoisotopic (exact) mass is 462 g/mol. The second-order valence-corrected chi connectivity index (χ2v) is 8.10. The van der Waals surface area contributed by atoms with Crippen LogP contribution < -0.4 is 10.1 Å². The van der Waals surface area contributed by atoms with Gasteiger partial charge in [0.15, 0.2) is 0 Å². The molecule has 0 unspecified atom stereocenters. The number of nitrogens with zero attached hydrogens (tertiary/aromatic N) is 1. The second-order valence-electron chi connectivity index (χ2n) is 8.10. The van der Waals surface area contributed by atoms with Crippen LogP contribution in [0.5, 0.6) is 5.75 Å². The maximum atomic E-state index is 13.4. The minimum absolute atomic E-state index is 0.129. The molecule has 0 saturated heterocycles. The molecule has 0 aliphatic heterocycles. The van der Waals surface area contributed by atoms with Gasteiger partial charge in [-0.2, -0.15) is 0 Å². The Morgan fingerprint density at radius 2 is 1.56 bits per heavy atom. The van der Waals surface area contributed by atoms with Gasteiger partial charge >= 0.3 is 0 Å². The number of halogens is 1. The molecule has 1 N–H and O–H groups in total. The number of benzene rings is 3. The van der Waals surface area contributed by atoms with Gasteiger partial charge in [0.1, 0.15) is 17.6 Å². The molecule has 5 nitrogen and oxygen atoms in total. The Balaban J connectivity index is 1.77. The number of methoxy groups -OCH3 is 1. The molecule has 3 rings (SSSR count). The molecule has 34 heavy (non-hydrogen) atoms. The number of nitrogens with one attached hydrogen (secondary N) is 1. The van der Waals surface area contributed by atoms with Crippen LogP contribution in [0.2, 0.25) is 0 Å². The normalized spacial score (nSPS) is 11.5. The highest BCUT2D eigenvalue weighted by Crippen LogP contribution is 2.16. The van der Waals surface area contributed by atoms with Gasteiger partial charge in [-0.3, -0.25) is 9.59 Å². The van der Waals surface area contributed by atoms with Crippen molar-refractivity contribution in [2.24, 2.45) is 0 Å². The lowest BCUT2D eigenvalue weighted by atomic mass is 10.0. The second kappa shape index (κ2) is 12.5. The quantitative estimate of drug-likeness (QED) is 0.455. The maximum Gasteiger partial charge on any atom is 0.243 e. The van der Waals surface area contributed by atoms with E-state index in [0.717, 1.165) is 22.4 Å². The molecular formula is C28H31FN2O3. The Hall–Kier alpha value is -3.67. The van der Waals surface area contributed by atoms with Crippen molar-refractivity contribution in [3.8, 4) is 5.75 Å². The van der Waals surface area contributed by atoms with Crippen LogP contribution in [0.25, 0.3) is 0 Å². The van der Waals surface area contributed by atoms with Crippen LogP contribution in [0.15, 0.2) is 78.9 Å². The fourth-order valence-corrected chi connectivity index (χ4v) is 3.78. The Kier molecular flexibility index (Phi) is 9.21. The average molecular weight is 463 g/mol. The van der Waals surface area contributed by atoms with Crippen molar-refractivity contribution in [2.45, 2.75) is 38.8 Å². The van der Waals surface area contributed by atoms with E-state index in [0.29, 0.717) is 19.4 Å². The lowest BCUT2D eigenvalue weighted by Crippen LogP contribution is -2.50. The van der Waals surface area contributed by atoms with E-state index in [4.69, 9.17) is 4.74 Å². The van der Waals surface area contributed by atoms with Gasteiger partial charge in [-0.1, -0.05) is 61.5 Å². The topological polar surface area (TPSA) is 58.6 Å². The molecule has 0 radical (unpaired) electrons. The SMILES string of the molecule is CCC(=O)N(Cc1ccc(F)cc1)[C@@H](Cc1ccccc1)C(=O)NCCc1ccc(OC)cc1. The van der Waals surface area contributed by atoms with Crippen molar-refractivity contribution >= 4 is 11.8 Å². The Labute approximate surface area is 200 Å². The first-order valence-corrected chi connectivity index (χ1v) is 11.5. The zero-order chi connectivity index (χ0) is 24.3. The summed E-state index contributed by atoms with van der Waals surface area (Å²) in [6.45, 7) is 2.46. The summed E-state index contributed by atoms with van der Waals surface area (Å²) in [6, 6.07) is 22.7. The van der Waals surface area contributed by atoms with E-state index in [2.05, 4.69) is 5.32 Å². The molecule has 0 heterocycles. The third-order valence-electron chi connectivity index (χ3n) is 5.71. The van der Waals surface area contributed by atoms with E-state index < -0.39 is 6.04 Å². The maximum absolute atomic E-state index is 13.4. The van der Waals surface area contributed by atoms with Crippen LogP contribution in [0.1, 0.15) is 30.0 Å². The number of hydrogen-bond donors (Lipinski definition) is 1. The standard InChI is InChI=1S/C28H31FN2O3/c1-3-27(32)31(20-23-9-13-24(29)14-10-23)26(19-22-7-5-4-6-8-22)28(33)30-18-17-21-11-15-25(34-2)16-12-21/h4-16,26H,3,17-20H2,1-2H3,(H,30,33)/t26-/m0/s1. The molecule has 1 atom stereocenters. The fraction of sp³-hybridized carbons (Fsp3) is 0.286. The van der Waals surface area contributed by atoms with E-state index in [1.54, 1.807) is 31.1 Å². The molecule has 3 aromatic rings. The Morgan fingerprint density at radius 1 is 0.912 bits per heavy atom. The molecule has 0 bridgehead atoms. The lowest BCUT2D eigenvalue weighted by molar-refractivity contribution is -0.141. The highest BCUT2D eigenvalue weighted by Gasteiger charge is 2.29. The van der Waals surface area contributed by atoms with Crippen molar-refractivity contribution in [2.75, 3.05) is 13.7 Å². The summed E-state index contributed by atoms with van der Waals surface area (Å²) in [6.07, 6.45) is 1.32. The third-order valence-corrected chi connectivity index (χ3v) is 5.71. The van der Waals surface area contributed by atoms with E-state index in [-0.39, 0.29) is 30.6 Å². The molecule has 0 aliphatic rings. The van der Waals surface area contributed by atoms with Gasteiger partial charge in [-0.05, 0) is 47.4 Å². The number of carbonyl (C=O) groups is 2. The summed E-state index contributed by atoms with van der Waals surface area (Å²) in [5.41, 5.74) is 2.81. The summed E-state index contributed by atoms with van der Waals surface area (Å²) in [7, 11) is 1.62. The number of amides is 2. The van der Waals surface area contributed by atoms with Crippen molar-refractivity contribution < 1.29 is 18.7 Å². The van der Waals surface area contributed by atoms with Crippen molar-refractivity contribution in [3.63, 3.8) is 0 Å². The Bertz CT molecular complexity index is 1050. The number of ether oxygens (including phenoxy) is 1. The summed E-state index contributed by atoms with van der Waals surface area (Å²) in [5, 5.41) is 3.01. The molecule has 0 aliphatic carbocycles. The van der Waals surface area contributed by atoms with Crippen LogP contribution in [0.4, 0.5) is 4.39 Å². The van der Waals surface area contributed by atoms with Gasteiger partial charge in [-0.25, -0.2) is 4.39 Å². The first kappa shape index (κ1) is 25.0. The predicted octanol–water partition coefficient (Wildman–Crippen LogP) is 4.54. The summed E-state index contributed by atoms with van der Waals surface area (Å²) in [5.74, 6) is 0.108. The molecule has 3 aromatic carbocycles. The van der Waals surface area contributed by atoms with Crippen LogP contribution in [-0.2, 0) is 29.0 Å². The van der Waals surface area contributed by atoms with Gasteiger partial charge in [0.2, 0.25) is 11.8 Å². The van der Waals surface area contributed by atoms with Crippen molar-refractivity contribution in [1.29, 1.82) is 0 Å². The predicted molar refractivity (Wildman–Crippen MR) is 131 cm³/mol. The summed E-state index contributed by atoms with van der Waals surface area (Å²) in [4.78, 5) is 27.9. The van der Waals surface area contributed by atoms with Gasteiger partial charge in [-0.15, -0.1) is 0 Å². The van der Waals surface area contributed by atoms with Crippen molar-refractivity contribution in [3.05, 3.63) is 101 Å². The van der Waals surface area contributed by atoms with E-state index in [1.807, 2.05) is 54.6 Å². The van der Waals surface area contributed by atoms with Crippen LogP contribution >= 0.6 is 0 Å². The molecule has 6 heteroatoms. The zero-order valence-electron chi connectivity index (χ0n) is 19.7. The Morgan fingerprint density at radius 3 is 2.18 bits per heavy atom. The largest absolute Gasteiger partial charge is 0.497 e. The first-order valence-electron chi connectivity index (χ1n) is 11.5. The van der Waals surface area contributed by atoms with Gasteiger partial charge in [0, 0.05) is 25.9 Å². The van der Waals surface area contributed by atoms with Crippen LogP contribution in [-0.4, -0.2) is 36.4 Å². The first-order chi connectivity index (χ1) is 16.5. The van der Waals surface area contributed by atoms with Gasteiger partial charge in [0.05, 0.1) is 7.11 Å². The van der Waals surface area contributed by atoms with Crippen LogP contribution in [0.3, 0.4) is 0 Å². The van der Waals surface area contributed by atoms with E-state index in [1.165, 1.54) is 12.1 Å². The zero-order valence-corrected chi connectivity index (χ0v) is 19.7. The highest BCUT2D eigenvalue weighted by molar-refractivity contribution is 5.88.